The first-order chi connectivity index (χ1) is 16.7. The Morgan fingerprint density at radius 2 is 1.06 bits per heavy atom. The van der Waals surface area contributed by atoms with Crippen LogP contribution in [0.3, 0.4) is 0 Å². The van der Waals surface area contributed by atoms with E-state index in [-0.39, 0.29) is 5.92 Å². The Kier molecular flexibility index (Phi) is 8.45. The molecule has 3 aromatic carbocycles. The summed E-state index contributed by atoms with van der Waals surface area (Å²) in [5, 5.41) is 0. The molecule has 0 atom stereocenters. The SMILES string of the molecule is C=C(c1ccc(N(C)C)cc1)C(C(=C)c1ccc(N(C)C)cc1)c1ccc(N(CC)CC)cc1C. The molecule has 0 aromatic heterocycles. The van der Waals surface area contributed by atoms with E-state index >= 15 is 0 Å². The van der Waals surface area contributed by atoms with Crippen molar-refractivity contribution in [1.82, 2.24) is 0 Å². The third-order valence-electron chi connectivity index (χ3n) is 6.90. The number of nitrogens with zero attached hydrogens (tertiary/aromatic N) is 3. The minimum absolute atomic E-state index is 0.0174. The number of benzene rings is 3. The number of hydrogen-bond donors (Lipinski definition) is 0. The third-order valence-corrected chi connectivity index (χ3v) is 6.90. The van der Waals surface area contributed by atoms with Gasteiger partial charge < -0.3 is 14.7 Å². The van der Waals surface area contributed by atoms with Crippen molar-refractivity contribution >= 4 is 28.2 Å². The first-order valence-electron chi connectivity index (χ1n) is 12.5. The van der Waals surface area contributed by atoms with Crippen LogP contribution in [0.2, 0.25) is 0 Å². The monoisotopic (exact) mass is 467 g/mol. The molecule has 0 bridgehead atoms. The summed E-state index contributed by atoms with van der Waals surface area (Å²) in [5.74, 6) is -0.0174. The van der Waals surface area contributed by atoms with E-state index in [2.05, 4.69) is 144 Å². The fourth-order valence-electron chi connectivity index (χ4n) is 4.64. The molecule has 0 aliphatic heterocycles. The van der Waals surface area contributed by atoms with Crippen LogP contribution in [0, 0.1) is 6.92 Å². The molecule has 0 saturated heterocycles. The van der Waals surface area contributed by atoms with Crippen LogP contribution in [0.1, 0.15) is 42.0 Å². The predicted molar refractivity (Wildman–Crippen MR) is 157 cm³/mol. The molecule has 35 heavy (non-hydrogen) atoms. The third kappa shape index (κ3) is 5.79. The maximum absolute atomic E-state index is 4.61. The highest BCUT2D eigenvalue weighted by Gasteiger charge is 2.23. The molecule has 3 rings (SSSR count). The van der Waals surface area contributed by atoms with Crippen molar-refractivity contribution in [2.75, 3.05) is 56.0 Å². The highest BCUT2D eigenvalue weighted by Crippen LogP contribution is 2.43. The molecular weight excluding hydrogens is 426 g/mol. The van der Waals surface area contributed by atoms with E-state index in [9.17, 15) is 0 Å². The molecule has 3 nitrogen and oxygen atoms in total. The van der Waals surface area contributed by atoms with E-state index in [0.29, 0.717) is 0 Å². The Morgan fingerprint density at radius 3 is 1.40 bits per heavy atom. The van der Waals surface area contributed by atoms with Gasteiger partial charge in [0, 0.05) is 64.3 Å². The maximum atomic E-state index is 4.61. The summed E-state index contributed by atoms with van der Waals surface area (Å²) in [6.45, 7) is 17.8. The van der Waals surface area contributed by atoms with Crippen molar-refractivity contribution in [1.29, 1.82) is 0 Å². The van der Waals surface area contributed by atoms with Gasteiger partial charge in [0.05, 0.1) is 0 Å². The summed E-state index contributed by atoms with van der Waals surface area (Å²) in [4.78, 5) is 6.62. The number of anilines is 3. The molecule has 0 amide bonds. The predicted octanol–water partition coefficient (Wildman–Crippen LogP) is 7.48. The van der Waals surface area contributed by atoms with E-state index in [1.807, 2.05) is 0 Å². The van der Waals surface area contributed by atoms with Crippen LogP contribution in [-0.4, -0.2) is 41.3 Å². The largest absolute Gasteiger partial charge is 0.378 e. The van der Waals surface area contributed by atoms with Crippen molar-refractivity contribution in [2.24, 2.45) is 0 Å². The lowest BCUT2D eigenvalue weighted by Crippen LogP contribution is -2.22. The van der Waals surface area contributed by atoms with Crippen molar-refractivity contribution in [3.05, 3.63) is 102 Å². The number of rotatable bonds is 10. The zero-order valence-electron chi connectivity index (χ0n) is 22.6. The number of aryl methyl sites for hydroxylation is 1. The van der Waals surface area contributed by atoms with Crippen molar-refractivity contribution in [3.63, 3.8) is 0 Å². The Balaban J connectivity index is 2.07. The summed E-state index contributed by atoms with van der Waals surface area (Å²) in [7, 11) is 8.25. The lowest BCUT2D eigenvalue weighted by molar-refractivity contribution is 0.864. The zero-order valence-corrected chi connectivity index (χ0v) is 22.6. The molecule has 3 aromatic rings. The average molecular weight is 468 g/mol. The Morgan fingerprint density at radius 1 is 0.657 bits per heavy atom. The van der Waals surface area contributed by atoms with E-state index in [1.165, 1.54) is 28.2 Å². The Hall–Kier alpha value is -3.46. The molecule has 0 aliphatic carbocycles. The average Bonchev–Trinajstić information content (AvgIpc) is 2.86. The Labute approximate surface area is 213 Å². The van der Waals surface area contributed by atoms with Gasteiger partial charge in [-0.15, -0.1) is 0 Å². The van der Waals surface area contributed by atoms with E-state index in [0.717, 1.165) is 35.4 Å². The Bertz CT molecular complexity index is 1090. The molecule has 0 aliphatic rings. The van der Waals surface area contributed by atoms with Crippen LogP contribution >= 0.6 is 0 Å². The van der Waals surface area contributed by atoms with Gasteiger partial charge in [-0.05, 0) is 90.6 Å². The molecule has 0 unspecified atom stereocenters. The zero-order chi connectivity index (χ0) is 25.7. The van der Waals surface area contributed by atoms with Gasteiger partial charge in [0.1, 0.15) is 0 Å². The molecule has 0 heterocycles. The smallest absolute Gasteiger partial charge is 0.0368 e. The first kappa shape index (κ1) is 26.2. The molecule has 3 heteroatoms. The van der Waals surface area contributed by atoms with Gasteiger partial charge in [-0.3, -0.25) is 0 Å². The standard InChI is InChI=1S/C32H41N3/c1-10-35(11-2)30-20-21-31(23(3)22-30)32(24(4)26-12-16-28(17-13-26)33(6)7)25(5)27-14-18-29(19-15-27)34(8)9/h12-22,32H,4-5,10-11H2,1-3,6-9H3. The van der Waals surface area contributed by atoms with Crippen molar-refractivity contribution in [2.45, 2.75) is 26.7 Å². The van der Waals surface area contributed by atoms with Gasteiger partial charge >= 0.3 is 0 Å². The fraction of sp³-hybridized carbons (Fsp3) is 0.312. The van der Waals surface area contributed by atoms with Crippen LogP contribution in [-0.2, 0) is 0 Å². The topological polar surface area (TPSA) is 9.72 Å². The van der Waals surface area contributed by atoms with Crippen LogP contribution in [0.5, 0.6) is 0 Å². The minimum atomic E-state index is -0.0174. The minimum Gasteiger partial charge on any atom is -0.378 e. The number of allylic oxidation sites excluding steroid dienone is 2. The van der Waals surface area contributed by atoms with E-state index < -0.39 is 0 Å². The second kappa shape index (κ2) is 11.3. The quantitative estimate of drug-likeness (QED) is 0.306. The van der Waals surface area contributed by atoms with E-state index in [1.54, 1.807) is 0 Å². The molecule has 0 fully saturated rings. The first-order valence-corrected chi connectivity index (χ1v) is 12.5. The van der Waals surface area contributed by atoms with Crippen LogP contribution < -0.4 is 14.7 Å². The second-order valence-electron chi connectivity index (χ2n) is 9.58. The summed E-state index contributed by atoms with van der Waals surface area (Å²) in [6.07, 6.45) is 0. The maximum Gasteiger partial charge on any atom is 0.0368 e. The van der Waals surface area contributed by atoms with Gasteiger partial charge in [0.25, 0.3) is 0 Å². The second-order valence-corrected chi connectivity index (χ2v) is 9.58. The summed E-state index contributed by atoms with van der Waals surface area (Å²) in [5.41, 5.74) is 10.5. The molecule has 0 spiro atoms. The lowest BCUT2D eigenvalue weighted by atomic mass is 9.78. The van der Waals surface area contributed by atoms with Gasteiger partial charge in [-0.2, -0.15) is 0 Å². The molecule has 0 radical (unpaired) electrons. The fourth-order valence-corrected chi connectivity index (χ4v) is 4.64. The molecular formula is C32H41N3. The molecule has 0 N–H and O–H groups in total. The van der Waals surface area contributed by atoms with Crippen molar-refractivity contribution in [3.8, 4) is 0 Å². The highest BCUT2D eigenvalue weighted by atomic mass is 15.1. The number of hydrogen-bond acceptors (Lipinski definition) is 3. The van der Waals surface area contributed by atoms with E-state index in [4.69, 9.17) is 0 Å². The molecule has 0 saturated carbocycles. The van der Waals surface area contributed by atoms with Crippen LogP contribution in [0.4, 0.5) is 17.1 Å². The summed E-state index contributed by atoms with van der Waals surface area (Å²) < 4.78 is 0. The van der Waals surface area contributed by atoms with Gasteiger partial charge in [-0.1, -0.05) is 43.5 Å². The highest BCUT2D eigenvalue weighted by molar-refractivity contribution is 5.87. The summed E-state index contributed by atoms with van der Waals surface area (Å²) >= 11 is 0. The normalized spacial score (nSPS) is 10.9. The van der Waals surface area contributed by atoms with Gasteiger partial charge in [0.2, 0.25) is 0 Å². The van der Waals surface area contributed by atoms with Gasteiger partial charge in [-0.25, -0.2) is 0 Å². The van der Waals surface area contributed by atoms with Crippen molar-refractivity contribution < 1.29 is 0 Å². The molecule has 184 valence electrons. The summed E-state index contributed by atoms with van der Waals surface area (Å²) in [6, 6.07) is 24.1. The van der Waals surface area contributed by atoms with Crippen LogP contribution in [0.15, 0.2) is 79.9 Å². The lowest BCUT2D eigenvalue weighted by Gasteiger charge is -2.28. The van der Waals surface area contributed by atoms with Gasteiger partial charge in [0.15, 0.2) is 0 Å². The van der Waals surface area contributed by atoms with Crippen LogP contribution in [0.25, 0.3) is 11.1 Å².